The number of carbonyl (C=O) groups excluding carboxylic acids is 1. The molecule has 118 valence electrons. The second-order valence-corrected chi connectivity index (χ2v) is 6.96. The van der Waals surface area contributed by atoms with E-state index in [1.807, 2.05) is 0 Å². The number of ether oxygens (including phenoxy) is 1. The highest BCUT2D eigenvalue weighted by atomic mass is 16.6. The van der Waals surface area contributed by atoms with Gasteiger partial charge in [0.1, 0.15) is 5.60 Å². The van der Waals surface area contributed by atoms with Crippen LogP contribution in [0.4, 0.5) is 0 Å². The first kappa shape index (κ1) is 17.5. The van der Waals surface area contributed by atoms with Crippen molar-refractivity contribution in [1.29, 1.82) is 0 Å². The summed E-state index contributed by atoms with van der Waals surface area (Å²) in [5.41, 5.74) is -0.109. The topological polar surface area (TPSA) is 26.3 Å². The first-order valence-corrected chi connectivity index (χ1v) is 8.62. The Kier molecular flexibility index (Phi) is 6.54. The molecule has 1 rings (SSSR count). The zero-order valence-electron chi connectivity index (χ0n) is 14.3. The number of esters is 1. The molecule has 0 aromatic heterocycles. The van der Waals surface area contributed by atoms with Gasteiger partial charge in [-0.2, -0.15) is 0 Å². The van der Waals surface area contributed by atoms with E-state index in [2.05, 4.69) is 27.7 Å². The van der Waals surface area contributed by atoms with E-state index in [0.717, 1.165) is 18.8 Å². The maximum absolute atomic E-state index is 11.6. The molecule has 0 aliphatic heterocycles. The van der Waals surface area contributed by atoms with Crippen LogP contribution in [0.3, 0.4) is 0 Å². The molecule has 1 saturated carbocycles. The fraction of sp³-hybridized carbons (Fsp3) is 0.944. The Hall–Kier alpha value is -0.530. The summed E-state index contributed by atoms with van der Waals surface area (Å²) < 4.78 is 5.89. The lowest BCUT2D eigenvalue weighted by molar-refractivity contribution is -0.182. The van der Waals surface area contributed by atoms with E-state index >= 15 is 0 Å². The van der Waals surface area contributed by atoms with Crippen molar-refractivity contribution < 1.29 is 9.53 Å². The third-order valence-electron chi connectivity index (χ3n) is 5.63. The summed E-state index contributed by atoms with van der Waals surface area (Å²) in [6, 6.07) is 0. The number of carbonyl (C=O) groups is 1. The molecule has 0 radical (unpaired) electrons. The smallest absolute Gasteiger partial charge is 0.303 e. The zero-order chi connectivity index (χ0) is 15.2. The van der Waals surface area contributed by atoms with Crippen LogP contribution >= 0.6 is 0 Å². The van der Waals surface area contributed by atoms with Crippen molar-refractivity contribution >= 4 is 5.97 Å². The van der Waals surface area contributed by atoms with Crippen molar-refractivity contribution in [3.8, 4) is 0 Å². The van der Waals surface area contributed by atoms with Gasteiger partial charge in [-0.15, -0.1) is 0 Å². The van der Waals surface area contributed by atoms with Crippen molar-refractivity contribution in [2.45, 2.75) is 98.0 Å². The van der Waals surface area contributed by atoms with E-state index in [-0.39, 0.29) is 17.0 Å². The van der Waals surface area contributed by atoms with Crippen LogP contribution < -0.4 is 0 Å². The molecule has 0 heterocycles. The Morgan fingerprint density at radius 1 is 1.30 bits per heavy atom. The lowest BCUT2D eigenvalue weighted by Gasteiger charge is -2.51. The Morgan fingerprint density at radius 2 is 1.95 bits per heavy atom. The summed E-state index contributed by atoms with van der Waals surface area (Å²) in [5.74, 6) is 0.701. The van der Waals surface area contributed by atoms with E-state index in [9.17, 15) is 4.79 Å². The quantitative estimate of drug-likeness (QED) is 0.577. The maximum atomic E-state index is 11.6. The summed E-state index contributed by atoms with van der Waals surface area (Å²) in [7, 11) is 0. The highest BCUT2D eigenvalue weighted by molar-refractivity contribution is 5.66. The minimum Gasteiger partial charge on any atom is -0.459 e. The minimum atomic E-state index is -0.260. The number of hydrogen-bond acceptors (Lipinski definition) is 2. The first-order chi connectivity index (χ1) is 9.43. The molecule has 2 nitrogen and oxygen atoms in total. The van der Waals surface area contributed by atoms with Crippen LogP contribution in [0.5, 0.6) is 0 Å². The molecule has 0 bridgehead atoms. The summed E-state index contributed by atoms with van der Waals surface area (Å²) >= 11 is 0. The van der Waals surface area contributed by atoms with Crippen molar-refractivity contribution in [3.05, 3.63) is 0 Å². The van der Waals surface area contributed by atoms with Crippen molar-refractivity contribution in [3.63, 3.8) is 0 Å². The fourth-order valence-corrected chi connectivity index (χ4v) is 4.42. The Labute approximate surface area is 125 Å². The van der Waals surface area contributed by atoms with Gasteiger partial charge in [0, 0.05) is 12.3 Å². The third-order valence-corrected chi connectivity index (χ3v) is 5.63. The van der Waals surface area contributed by atoms with Gasteiger partial charge in [0.2, 0.25) is 0 Å². The predicted octanol–water partition coefficient (Wildman–Crippen LogP) is 5.50. The van der Waals surface area contributed by atoms with Gasteiger partial charge in [-0.25, -0.2) is 0 Å². The van der Waals surface area contributed by atoms with E-state index in [4.69, 9.17) is 4.74 Å². The van der Waals surface area contributed by atoms with E-state index in [1.54, 1.807) is 6.92 Å². The van der Waals surface area contributed by atoms with Gasteiger partial charge in [0.15, 0.2) is 0 Å². The van der Waals surface area contributed by atoms with E-state index < -0.39 is 0 Å². The van der Waals surface area contributed by atoms with Crippen LogP contribution in [0.15, 0.2) is 0 Å². The van der Waals surface area contributed by atoms with Crippen LogP contribution in [0.1, 0.15) is 92.4 Å². The van der Waals surface area contributed by atoms with Crippen LogP contribution in [-0.4, -0.2) is 11.6 Å². The fourth-order valence-electron chi connectivity index (χ4n) is 4.42. The van der Waals surface area contributed by atoms with Gasteiger partial charge in [-0.3, -0.25) is 4.79 Å². The summed E-state index contributed by atoms with van der Waals surface area (Å²) in [6.45, 7) is 10.5. The predicted molar refractivity (Wildman–Crippen MR) is 84.7 cm³/mol. The third kappa shape index (κ3) is 3.77. The van der Waals surface area contributed by atoms with Gasteiger partial charge in [0.25, 0.3) is 0 Å². The molecular weight excluding hydrogens is 248 g/mol. The molecule has 0 aromatic carbocycles. The SMILES string of the molecule is CCCCC1CCCC(C)(C(CC)(CC)OC(C)=O)C1. The highest BCUT2D eigenvalue weighted by Gasteiger charge is 2.50. The summed E-state index contributed by atoms with van der Waals surface area (Å²) in [5, 5.41) is 0. The largest absolute Gasteiger partial charge is 0.459 e. The number of rotatable bonds is 7. The molecule has 0 amide bonds. The van der Waals surface area contributed by atoms with Crippen LogP contribution in [0, 0.1) is 11.3 Å². The van der Waals surface area contributed by atoms with Gasteiger partial charge in [0.05, 0.1) is 0 Å². The molecule has 2 unspecified atom stereocenters. The molecule has 1 aliphatic carbocycles. The Balaban J connectivity index is 2.88. The first-order valence-electron chi connectivity index (χ1n) is 8.62. The molecule has 0 saturated heterocycles. The van der Waals surface area contributed by atoms with Crippen molar-refractivity contribution in [2.75, 3.05) is 0 Å². The molecule has 2 atom stereocenters. The average molecular weight is 282 g/mol. The van der Waals surface area contributed by atoms with Crippen molar-refractivity contribution in [1.82, 2.24) is 0 Å². The number of unbranched alkanes of at least 4 members (excludes halogenated alkanes) is 1. The van der Waals surface area contributed by atoms with Crippen molar-refractivity contribution in [2.24, 2.45) is 11.3 Å². The second kappa shape index (κ2) is 7.47. The summed E-state index contributed by atoms with van der Waals surface area (Å²) in [4.78, 5) is 11.6. The molecule has 1 fully saturated rings. The number of hydrogen-bond donors (Lipinski definition) is 0. The highest BCUT2D eigenvalue weighted by Crippen LogP contribution is 2.52. The Bertz CT molecular complexity index is 307. The van der Waals surface area contributed by atoms with Gasteiger partial charge in [-0.1, -0.05) is 59.8 Å². The monoisotopic (exact) mass is 282 g/mol. The Morgan fingerprint density at radius 3 is 2.45 bits per heavy atom. The maximum Gasteiger partial charge on any atom is 0.303 e. The molecule has 2 heteroatoms. The van der Waals surface area contributed by atoms with E-state index in [1.165, 1.54) is 44.9 Å². The lowest BCUT2D eigenvalue weighted by atomic mass is 9.59. The van der Waals surface area contributed by atoms with Gasteiger partial charge in [-0.05, 0) is 31.6 Å². The molecule has 0 spiro atoms. The van der Waals surface area contributed by atoms with Gasteiger partial charge >= 0.3 is 5.97 Å². The zero-order valence-corrected chi connectivity index (χ0v) is 14.3. The molecule has 1 aliphatic rings. The lowest BCUT2D eigenvalue weighted by Crippen LogP contribution is -2.51. The average Bonchev–Trinajstić information content (AvgIpc) is 2.42. The van der Waals surface area contributed by atoms with E-state index in [0.29, 0.717) is 0 Å². The molecule has 0 aromatic rings. The summed E-state index contributed by atoms with van der Waals surface area (Å²) in [6.07, 6.45) is 10.9. The molecule has 0 N–H and O–H groups in total. The normalized spacial score (nSPS) is 27.4. The van der Waals surface area contributed by atoms with Gasteiger partial charge < -0.3 is 4.74 Å². The minimum absolute atomic E-state index is 0.120. The second-order valence-electron chi connectivity index (χ2n) is 6.96. The molecular formula is C18H34O2. The molecule has 20 heavy (non-hydrogen) atoms. The van der Waals surface area contributed by atoms with Crippen LogP contribution in [0.2, 0.25) is 0 Å². The van der Waals surface area contributed by atoms with Crippen LogP contribution in [-0.2, 0) is 9.53 Å². The van der Waals surface area contributed by atoms with Crippen LogP contribution in [0.25, 0.3) is 0 Å². The standard InChI is InChI=1S/C18H34O2/c1-6-9-11-16-12-10-13-17(5,14-16)18(7-2,8-3)20-15(4)19/h16H,6-14H2,1-5H3.